The first kappa shape index (κ1) is 16.3. The van der Waals surface area contributed by atoms with Gasteiger partial charge in [0.05, 0.1) is 7.11 Å². The Hall–Kier alpha value is -1.76. The SMILES string of the molecule is CCCN(CC(=O)OC)c1c(F)cc(C(N)=S)cc1F. The van der Waals surface area contributed by atoms with E-state index in [2.05, 4.69) is 17.0 Å². The topological polar surface area (TPSA) is 55.6 Å². The van der Waals surface area contributed by atoms with Crippen molar-refractivity contribution in [2.45, 2.75) is 13.3 Å². The highest BCUT2D eigenvalue weighted by Gasteiger charge is 2.20. The largest absolute Gasteiger partial charge is 0.468 e. The van der Waals surface area contributed by atoms with E-state index in [0.717, 1.165) is 12.1 Å². The summed E-state index contributed by atoms with van der Waals surface area (Å²) in [5.74, 6) is -2.20. The molecule has 0 heterocycles. The second-order valence-corrected chi connectivity index (χ2v) is 4.59. The molecule has 0 fully saturated rings. The Morgan fingerprint density at radius 1 is 1.40 bits per heavy atom. The Balaban J connectivity index is 3.19. The maximum Gasteiger partial charge on any atom is 0.325 e. The number of nitrogens with two attached hydrogens (primary N) is 1. The van der Waals surface area contributed by atoms with Crippen molar-refractivity contribution in [1.29, 1.82) is 0 Å². The van der Waals surface area contributed by atoms with Gasteiger partial charge in [-0.25, -0.2) is 8.78 Å². The van der Waals surface area contributed by atoms with Crippen LogP contribution in [0, 0.1) is 11.6 Å². The van der Waals surface area contributed by atoms with Crippen LogP contribution in [0.5, 0.6) is 0 Å². The lowest BCUT2D eigenvalue weighted by Crippen LogP contribution is -2.33. The van der Waals surface area contributed by atoms with E-state index in [1.54, 1.807) is 0 Å². The van der Waals surface area contributed by atoms with Crippen LogP contribution in [0.2, 0.25) is 0 Å². The van der Waals surface area contributed by atoms with Crippen molar-refractivity contribution in [2.75, 3.05) is 25.1 Å². The number of ether oxygens (including phenoxy) is 1. The highest BCUT2D eigenvalue weighted by atomic mass is 32.1. The van der Waals surface area contributed by atoms with E-state index in [4.69, 9.17) is 5.73 Å². The van der Waals surface area contributed by atoms with Crippen LogP contribution in [0.4, 0.5) is 14.5 Å². The quantitative estimate of drug-likeness (QED) is 0.643. The van der Waals surface area contributed by atoms with E-state index < -0.39 is 17.6 Å². The second-order valence-electron chi connectivity index (χ2n) is 4.15. The fraction of sp³-hybridized carbons (Fsp3) is 0.385. The molecule has 7 heteroatoms. The Morgan fingerprint density at radius 2 is 1.95 bits per heavy atom. The van der Waals surface area contributed by atoms with E-state index in [1.807, 2.05) is 6.92 Å². The molecule has 0 saturated carbocycles. The number of thiocarbonyl (C=S) groups is 1. The number of hydrogen-bond acceptors (Lipinski definition) is 4. The third-order valence-electron chi connectivity index (χ3n) is 2.66. The van der Waals surface area contributed by atoms with E-state index in [1.165, 1.54) is 12.0 Å². The van der Waals surface area contributed by atoms with Crippen LogP contribution in [-0.2, 0) is 9.53 Å². The number of halogens is 2. The molecule has 0 aliphatic carbocycles. The van der Waals surface area contributed by atoms with Crippen molar-refractivity contribution < 1.29 is 18.3 Å². The molecule has 0 aromatic heterocycles. The van der Waals surface area contributed by atoms with Crippen LogP contribution in [-0.4, -0.2) is 31.2 Å². The summed E-state index contributed by atoms with van der Waals surface area (Å²) in [7, 11) is 1.22. The number of carbonyl (C=O) groups is 1. The molecule has 4 nitrogen and oxygen atoms in total. The highest BCUT2D eigenvalue weighted by molar-refractivity contribution is 7.80. The third-order valence-corrected chi connectivity index (χ3v) is 2.89. The lowest BCUT2D eigenvalue weighted by molar-refractivity contribution is -0.138. The van der Waals surface area contributed by atoms with Gasteiger partial charge in [-0.2, -0.15) is 0 Å². The van der Waals surface area contributed by atoms with Gasteiger partial charge in [0.15, 0.2) is 0 Å². The van der Waals surface area contributed by atoms with Gasteiger partial charge in [0.25, 0.3) is 0 Å². The minimum Gasteiger partial charge on any atom is -0.468 e. The van der Waals surface area contributed by atoms with Gasteiger partial charge in [-0.15, -0.1) is 0 Å². The van der Waals surface area contributed by atoms with Gasteiger partial charge < -0.3 is 15.4 Å². The Labute approximate surface area is 121 Å². The van der Waals surface area contributed by atoms with E-state index in [0.29, 0.717) is 13.0 Å². The Kier molecular flexibility index (Phi) is 5.82. The smallest absolute Gasteiger partial charge is 0.325 e. The molecule has 0 unspecified atom stereocenters. The molecule has 110 valence electrons. The Bertz CT molecular complexity index is 500. The van der Waals surface area contributed by atoms with Gasteiger partial charge >= 0.3 is 5.97 Å². The minimum absolute atomic E-state index is 0.0932. The zero-order chi connectivity index (χ0) is 15.3. The Morgan fingerprint density at radius 3 is 2.35 bits per heavy atom. The van der Waals surface area contributed by atoms with Gasteiger partial charge in [-0.1, -0.05) is 19.1 Å². The fourth-order valence-electron chi connectivity index (χ4n) is 1.77. The first-order valence-electron chi connectivity index (χ1n) is 6.01. The first-order valence-corrected chi connectivity index (χ1v) is 6.42. The molecule has 2 N–H and O–H groups in total. The summed E-state index contributed by atoms with van der Waals surface area (Å²) in [5.41, 5.74) is 5.17. The second kappa shape index (κ2) is 7.14. The maximum atomic E-state index is 14.1. The average Bonchev–Trinajstić information content (AvgIpc) is 2.37. The van der Waals surface area contributed by atoms with E-state index in [-0.39, 0.29) is 22.8 Å². The number of rotatable bonds is 6. The molecule has 0 bridgehead atoms. The summed E-state index contributed by atoms with van der Waals surface area (Å²) in [6.45, 7) is 1.92. The normalized spacial score (nSPS) is 10.2. The number of benzene rings is 1. The number of methoxy groups -OCH3 is 1. The van der Waals surface area contributed by atoms with Gasteiger partial charge in [-0.05, 0) is 18.6 Å². The molecule has 0 radical (unpaired) electrons. The minimum atomic E-state index is -0.815. The van der Waals surface area contributed by atoms with Crippen molar-refractivity contribution in [3.8, 4) is 0 Å². The van der Waals surface area contributed by atoms with Crippen LogP contribution in [0.1, 0.15) is 18.9 Å². The summed E-state index contributed by atoms with van der Waals surface area (Å²) in [4.78, 5) is 12.5. The summed E-state index contributed by atoms with van der Waals surface area (Å²) in [5, 5.41) is 0. The first-order chi connectivity index (χ1) is 9.40. The number of carbonyl (C=O) groups excluding carboxylic acids is 1. The molecule has 0 saturated heterocycles. The van der Waals surface area contributed by atoms with Gasteiger partial charge in [0, 0.05) is 12.1 Å². The molecule has 0 amide bonds. The number of nitrogens with zero attached hydrogens (tertiary/aromatic N) is 1. The predicted octanol–water partition coefficient (Wildman–Crippen LogP) is 1.99. The molecule has 1 aromatic rings. The number of anilines is 1. The standard InChI is InChI=1S/C13H16F2N2O2S/c1-3-4-17(7-11(18)19-2)12-9(14)5-8(13(16)20)6-10(12)15/h5-6H,3-4,7H2,1-2H3,(H2,16,20). The molecule has 1 rings (SSSR count). The lowest BCUT2D eigenvalue weighted by Gasteiger charge is -2.24. The molecule has 0 aliphatic heterocycles. The number of hydrogen-bond donors (Lipinski definition) is 1. The lowest BCUT2D eigenvalue weighted by atomic mass is 10.1. The maximum absolute atomic E-state index is 14.1. The van der Waals surface area contributed by atoms with Crippen molar-refractivity contribution in [3.05, 3.63) is 29.3 Å². The van der Waals surface area contributed by atoms with Gasteiger partial charge in [0.2, 0.25) is 0 Å². The van der Waals surface area contributed by atoms with Crippen molar-refractivity contribution in [1.82, 2.24) is 0 Å². The molecular formula is C13H16F2N2O2S. The van der Waals surface area contributed by atoms with Gasteiger partial charge in [-0.3, -0.25) is 4.79 Å². The van der Waals surface area contributed by atoms with Crippen LogP contribution < -0.4 is 10.6 Å². The summed E-state index contributed by atoms with van der Waals surface area (Å²) < 4.78 is 32.6. The highest BCUT2D eigenvalue weighted by Crippen LogP contribution is 2.25. The van der Waals surface area contributed by atoms with Crippen LogP contribution in [0.25, 0.3) is 0 Å². The molecule has 0 aliphatic rings. The van der Waals surface area contributed by atoms with Crippen LogP contribution >= 0.6 is 12.2 Å². The summed E-state index contributed by atoms with van der Waals surface area (Å²) in [6.07, 6.45) is 0.618. The van der Waals surface area contributed by atoms with Crippen molar-refractivity contribution in [2.24, 2.45) is 5.73 Å². The average molecular weight is 302 g/mol. The van der Waals surface area contributed by atoms with Crippen LogP contribution in [0.3, 0.4) is 0 Å². The molecule has 0 spiro atoms. The summed E-state index contributed by atoms with van der Waals surface area (Å²) >= 11 is 4.69. The molecule has 1 aromatic carbocycles. The van der Waals surface area contributed by atoms with Crippen molar-refractivity contribution in [3.63, 3.8) is 0 Å². The zero-order valence-electron chi connectivity index (χ0n) is 11.3. The molecule has 20 heavy (non-hydrogen) atoms. The zero-order valence-corrected chi connectivity index (χ0v) is 12.1. The summed E-state index contributed by atoms with van der Waals surface area (Å²) in [6, 6.07) is 2.11. The monoisotopic (exact) mass is 302 g/mol. The van der Waals surface area contributed by atoms with Crippen LogP contribution in [0.15, 0.2) is 12.1 Å². The van der Waals surface area contributed by atoms with Crippen molar-refractivity contribution >= 4 is 28.9 Å². The molecular weight excluding hydrogens is 286 g/mol. The molecule has 0 atom stereocenters. The fourth-order valence-corrected chi connectivity index (χ4v) is 1.89. The third kappa shape index (κ3) is 3.86. The predicted molar refractivity (Wildman–Crippen MR) is 76.8 cm³/mol. The van der Waals surface area contributed by atoms with E-state index in [9.17, 15) is 13.6 Å². The number of esters is 1. The van der Waals surface area contributed by atoms with E-state index >= 15 is 0 Å². The van der Waals surface area contributed by atoms with Gasteiger partial charge in [0.1, 0.15) is 28.9 Å².